The van der Waals surface area contributed by atoms with Crippen LogP contribution in [0, 0.1) is 35.5 Å². The van der Waals surface area contributed by atoms with Gasteiger partial charge in [0.1, 0.15) is 17.6 Å². The fraction of sp³-hybridized carbons (Fsp3) is 0.250. The highest BCUT2D eigenvalue weighted by Gasteiger charge is 2.64. The predicted octanol–water partition coefficient (Wildman–Crippen LogP) is 9.25. The number of fused-ring (bicyclic) bond motifs is 5. The minimum atomic E-state index is -1.10. The molecular weight excluding hydrogens is 671 g/mol. The Morgan fingerprint density at radius 1 is 0.463 bits per heavy atom. The lowest BCUT2D eigenvalue weighted by Gasteiger charge is -2.56. The molecule has 4 aliphatic rings. The molecule has 4 unspecified atom stereocenters. The number of carbonyl (C=O) groups excluding carboxylic acids is 4. The second-order valence-corrected chi connectivity index (χ2v) is 16.0. The van der Waals surface area contributed by atoms with Crippen LogP contribution >= 0.6 is 0 Å². The predicted molar refractivity (Wildman–Crippen MR) is 209 cm³/mol. The van der Waals surface area contributed by atoms with Crippen LogP contribution in [-0.4, -0.2) is 32.8 Å². The van der Waals surface area contributed by atoms with Gasteiger partial charge in [0.15, 0.2) is 23.1 Å². The number of rotatable bonds is 3. The molecule has 1 aromatic heterocycles. The van der Waals surface area contributed by atoms with E-state index in [2.05, 4.69) is 18.2 Å². The molecule has 6 heteroatoms. The summed E-state index contributed by atoms with van der Waals surface area (Å²) in [5.41, 5.74) is 3.51. The van der Waals surface area contributed by atoms with E-state index in [1.165, 1.54) is 0 Å². The highest BCUT2D eigenvalue weighted by atomic mass is 16.3. The molecule has 54 heavy (non-hydrogen) atoms. The van der Waals surface area contributed by atoms with Crippen LogP contribution in [0.4, 0.5) is 0 Å². The third-order valence-corrected chi connectivity index (χ3v) is 13.8. The summed E-state index contributed by atoms with van der Waals surface area (Å²) in [6.07, 6.45) is 2.02. The number of carbonyl (C=O) groups is 4. The van der Waals surface area contributed by atoms with Gasteiger partial charge in [-0.15, -0.1) is 0 Å². The van der Waals surface area contributed by atoms with Gasteiger partial charge in [-0.05, 0) is 88.9 Å². The maximum absolute atomic E-state index is 14.8. The van der Waals surface area contributed by atoms with E-state index < -0.39 is 23.7 Å². The molecule has 7 aromatic rings. The summed E-state index contributed by atoms with van der Waals surface area (Å²) < 4.78 is 2.01. The van der Waals surface area contributed by atoms with Crippen LogP contribution in [-0.2, 0) is 19.2 Å². The van der Waals surface area contributed by atoms with Crippen LogP contribution in [0.5, 0.6) is 5.75 Å². The van der Waals surface area contributed by atoms with Gasteiger partial charge in [-0.25, -0.2) is 0 Å². The number of ketones is 4. The average molecular weight is 708 g/mol. The van der Waals surface area contributed by atoms with Crippen LogP contribution in [0.2, 0.25) is 0 Å². The monoisotopic (exact) mass is 707 g/mol. The van der Waals surface area contributed by atoms with Crippen molar-refractivity contribution in [2.24, 2.45) is 35.5 Å². The van der Waals surface area contributed by atoms with E-state index in [9.17, 15) is 24.3 Å². The third-order valence-electron chi connectivity index (χ3n) is 13.8. The number of phenolic OH excluding ortho intramolecular Hbond substituents is 1. The highest BCUT2D eigenvalue weighted by Crippen LogP contribution is 2.61. The Balaban J connectivity index is 0.981. The molecule has 4 atom stereocenters. The summed E-state index contributed by atoms with van der Waals surface area (Å²) >= 11 is 0. The zero-order valence-corrected chi connectivity index (χ0v) is 29.5. The number of hydrogen-bond donors (Lipinski definition) is 1. The SMILES string of the molecule is O=C1C(c2cccc(-n3c4ccccc4c4ccccc43)c2O)C(=O)C2CCC3C(=O)C(c4c5ccccc5cc5ccccc45)C(=O)C4CCC1C2C43. The van der Waals surface area contributed by atoms with Crippen molar-refractivity contribution in [3.05, 3.63) is 132 Å². The first-order valence-corrected chi connectivity index (χ1v) is 19.3. The van der Waals surface area contributed by atoms with Gasteiger partial charge in [0.05, 0.1) is 16.7 Å². The number of benzene rings is 6. The van der Waals surface area contributed by atoms with Crippen molar-refractivity contribution in [2.45, 2.75) is 37.5 Å². The average Bonchev–Trinajstić information content (AvgIpc) is 3.53. The molecular formula is C48H37NO5. The second-order valence-electron chi connectivity index (χ2n) is 16.0. The quantitative estimate of drug-likeness (QED) is 0.146. The summed E-state index contributed by atoms with van der Waals surface area (Å²) in [4.78, 5) is 59.1. The zero-order chi connectivity index (χ0) is 36.4. The van der Waals surface area contributed by atoms with E-state index in [1.54, 1.807) is 6.07 Å². The number of hydrogen-bond acceptors (Lipinski definition) is 5. The lowest BCUT2D eigenvalue weighted by Crippen LogP contribution is -2.61. The Morgan fingerprint density at radius 3 is 1.39 bits per heavy atom. The third kappa shape index (κ3) is 4.17. The van der Waals surface area contributed by atoms with Crippen molar-refractivity contribution in [1.29, 1.82) is 0 Å². The van der Waals surface area contributed by atoms with Crippen LogP contribution in [0.3, 0.4) is 0 Å². The summed E-state index contributed by atoms with van der Waals surface area (Å²) in [7, 11) is 0. The number of aromatic hydroxyl groups is 1. The molecule has 0 amide bonds. The summed E-state index contributed by atoms with van der Waals surface area (Å²) in [5, 5.41) is 18.0. The van der Waals surface area contributed by atoms with Gasteiger partial charge < -0.3 is 9.67 Å². The van der Waals surface area contributed by atoms with Gasteiger partial charge in [0.2, 0.25) is 0 Å². The Hall–Kier alpha value is -5.88. The molecule has 1 N–H and O–H groups in total. The molecule has 4 saturated carbocycles. The summed E-state index contributed by atoms with van der Waals surface area (Å²) in [6, 6.07) is 39.6. The molecule has 0 spiro atoms. The van der Waals surface area contributed by atoms with Crippen molar-refractivity contribution in [2.75, 3.05) is 0 Å². The second kappa shape index (κ2) is 11.6. The van der Waals surface area contributed by atoms with Crippen molar-refractivity contribution in [1.82, 2.24) is 4.57 Å². The molecule has 11 rings (SSSR count). The number of Topliss-reactive ketones (excluding diaryl/α,β-unsaturated/α-hetero) is 4. The van der Waals surface area contributed by atoms with Gasteiger partial charge >= 0.3 is 0 Å². The zero-order valence-electron chi connectivity index (χ0n) is 29.5. The maximum Gasteiger partial charge on any atom is 0.151 e. The minimum absolute atomic E-state index is 0.0552. The van der Waals surface area contributed by atoms with Gasteiger partial charge in [-0.1, -0.05) is 97.1 Å². The van der Waals surface area contributed by atoms with Crippen molar-refractivity contribution >= 4 is 66.5 Å². The van der Waals surface area contributed by atoms with Gasteiger partial charge in [0.25, 0.3) is 0 Å². The lowest BCUT2D eigenvalue weighted by atomic mass is 9.44. The van der Waals surface area contributed by atoms with Gasteiger partial charge in [0, 0.05) is 40.0 Å². The van der Waals surface area contributed by atoms with E-state index in [0.29, 0.717) is 36.9 Å². The normalized spacial score (nSPS) is 27.9. The Labute approximate surface area is 311 Å². The number of para-hydroxylation sites is 3. The molecule has 264 valence electrons. The molecule has 0 radical (unpaired) electrons. The smallest absolute Gasteiger partial charge is 0.151 e. The topological polar surface area (TPSA) is 93.4 Å². The molecule has 1 heterocycles. The fourth-order valence-electron chi connectivity index (χ4n) is 11.7. The first kappa shape index (κ1) is 31.6. The fourth-order valence-corrected chi connectivity index (χ4v) is 11.7. The largest absolute Gasteiger partial charge is 0.505 e. The Bertz CT molecular complexity index is 2640. The maximum atomic E-state index is 14.8. The lowest BCUT2D eigenvalue weighted by molar-refractivity contribution is -0.166. The number of aromatic nitrogens is 1. The van der Waals surface area contributed by atoms with Crippen molar-refractivity contribution in [3.63, 3.8) is 0 Å². The Morgan fingerprint density at radius 2 is 0.889 bits per heavy atom. The number of nitrogens with zero attached hydrogens (tertiary/aromatic N) is 1. The molecule has 0 bridgehead atoms. The summed E-state index contributed by atoms with van der Waals surface area (Å²) in [6.45, 7) is 0. The Kier molecular flexibility index (Phi) is 6.77. The van der Waals surface area contributed by atoms with Crippen LogP contribution in [0.25, 0.3) is 49.0 Å². The first-order valence-electron chi connectivity index (χ1n) is 19.3. The molecule has 4 fully saturated rings. The van der Waals surface area contributed by atoms with E-state index in [1.807, 2.05) is 102 Å². The van der Waals surface area contributed by atoms with E-state index in [4.69, 9.17) is 0 Å². The minimum Gasteiger partial charge on any atom is -0.505 e. The molecule has 6 aromatic carbocycles. The van der Waals surface area contributed by atoms with Crippen LogP contribution in [0.1, 0.15) is 48.6 Å². The van der Waals surface area contributed by atoms with Gasteiger partial charge in [-0.3, -0.25) is 19.2 Å². The van der Waals surface area contributed by atoms with E-state index >= 15 is 0 Å². The van der Waals surface area contributed by atoms with Crippen LogP contribution in [0.15, 0.2) is 121 Å². The molecule has 0 aliphatic heterocycles. The summed E-state index contributed by atoms with van der Waals surface area (Å²) in [5.74, 6) is -4.86. The standard InChI is InChI=1S/C48H37NO5/c50-44-31(16-9-19-38(44)49-36-17-7-5-14-29(36)30-15-6-8-18-37(30)49)42-45(51)32-20-22-34-41-35(23-21-33(40(32)41)46(42)52)48(54)43(47(34)53)39-27-12-3-1-10-25(27)24-26-11-2-4-13-28(26)39/h1-19,24,32-35,40-43,50H,20-23H2. The first-order chi connectivity index (χ1) is 26.4. The highest BCUT2D eigenvalue weighted by molar-refractivity contribution is 6.19. The van der Waals surface area contributed by atoms with Gasteiger partial charge in [-0.2, -0.15) is 0 Å². The van der Waals surface area contributed by atoms with Crippen molar-refractivity contribution < 1.29 is 24.3 Å². The van der Waals surface area contributed by atoms with Crippen LogP contribution < -0.4 is 0 Å². The molecule has 0 saturated heterocycles. The van der Waals surface area contributed by atoms with E-state index in [-0.39, 0.29) is 52.6 Å². The number of phenols is 1. The molecule has 4 aliphatic carbocycles. The van der Waals surface area contributed by atoms with Crippen molar-refractivity contribution in [3.8, 4) is 11.4 Å². The van der Waals surface area contributed by atoms with E-state index in [0.717, 1.165) is 48.9 Å². The molecule has 6 nitrogen and oxygen atoms in total.